The van der Waals surface area contributed by atoms with Crippen LogP contribution >= 0.6 is 0 Å². The zero-order chi connectivity index (χ0) is 18.8. The molecule has 1 aliphatic heterocycles. The first-order chi connectivity index (χ1) is 11.6. The van der Waals surface area contributed by atoms with E-state index in [2.05, 4.69) is 0 Å². The van der Waals surface area contributed by atoms with Gasteiger partial charge >= 0.3 is 12.1 Å². The summed E-state index contributed by atoms with van der Waals surface area (Å²) in [4.78, 5) is 24.7. The molecule has 1 aromatic carbocycles. The first-order valence-electron chi connectivity index (χ1n) is 7.95. The Morgan fingerprint density at radius 2 is 1.72 bits per heavy atom. The molecule has 1 heterocycles. The van der Waals surface area contributed by atoms with Crippen molar-refractivity contribution in [3.05, 3.63) is 48.0 Å². The Labute approximate surface area is 146 Å². The lowest BCUT2D eigenvalue weighted by atomic mass is 10.0. The van der Waals surface area contributed by atoms with Gasteiger partial charge in [-0.2, -0.15) is 0 Å². The molecule has 4 atom stereocenters. The number of hydrogen-bond acceptors (Lipinski definition) is 5. The number of aliphatic hydroxyl groups is 2. The van der Waals surface area contributed by atoms with Crippen molar-refractivity contribution in [2.24, 2.45) is 0 Å². The number of aliphatic carboxylic acids is 1. The molecule has 1 aromatic rings. The molecule has 1 saturated heterocycles. The third-order valence-corrected chi connectivity index (χ3v) is 3.83. The van der Waals surface area contributed by atoms with Gasteiger partial charge in [0, 0.05) is 6.08 Å². The molecule has 25 heavy (non-hydrogen) atoms. The molecule has 0 saturated carbocycles. The van der Waals surface area contributed by atoms with E-state index in [9.17, 15) is 19.8 Å². The van der Waals surface area contributed by atoms with E-state index in [-0.39, 0.29) is 0 Å². The highest BCUT2D eigenvalue weighted by Crippen LogP contribution is 2.38. The second kappa shape index (κ2) is 7.25. The lowest BCUT2D eigenvalue weighted by molar-refractivity contribution is -0.131. The lowest BCUT2D eigenvalue weighted by Crippen LogP contribution is -2.42. The maximum absolute atomic E-state index is 12.7. The Hall–Kier alpha value is -2.38. The summed E-state index contributed by atoms with van der Waals surface area (Å²) in [5, 5.41) is 29.7. The molecule has 7 heteroatoms. The van der Waals surface area contributed by atoms with E-state index >= 15 is 0 Å². The van der Waals surface area contributed by atoms with E-state index in [0.717, 1.165) is 6.08 Å². The molecular formula is C18H23NO6. The fourth-order valence-electron chi connectivity index (χ4n) is 2.85. The molecule has 0 unspecified atom stereocenters. The summed E-state index contributed by atoms with van der Waals surface area (Å²) < 4.78 is 5.39. The van der Waals surface area contributed by atoms with E-state index in [1.54, 1.807) is 51.1 Å². The molecule has 2 rings (SSSR count). The summed E-state index contributed by atoms with van der Waals surface area (Å²) in [6, 6.07) is 6.87. The zero-order valence-corrected chi connectivity index (χ0v) is 14.4. The summed E-state index contributed by atoms with van der Waals surface area (Å²) in [7, 11) is 0. The van der Waals surface area contributed by atoms with Gasteiger partial charge < -0.3 is 20.1 Å². The number of rotatable bonds is 3. The Kier molecular flexibility index (Phi) is 5.49. The number of aliphatic hydroxyl groups excluding tert-OH is 2. The number of carboxylic acid groups (broad SMARTS) is 1. The number of hydrogen-bond donors (Lipinski definition) is 3. The molecule has 136 valence electrons. The molecule has 0 aromatic heterocycles. The number of carbonyl (C=O) groups excluding carboxylic acids is 1. The second-order valence-electron chi connectivity index (χ2n) is 6.91. The van der Waals surface area contributed by atoms with E-state index in [1.165, 1.54) is 11.0 Å². The van der Waals surface area contributed by atoms with Crippen LogP contribution in [0.2, 0.25) is 0 Å². The first-order valence-corrected chi connectivity index (χ1v) is 7.95. The summed E-state index contributed by atoms with van der Waals surface area (Å²) >= 11 is 0. The molecule has 0 bridgehead atoms. The zero-order valence-electron chi connectivity index (χ0n) is 14.4. The van der Waals surface area contributed by atoms with Gasteiger partial charge in [0.2, 0.25) is 0 Å². The minimum Gasteiger partial charge on any atom is -0.478 e. The predicted molar refractivity (Wildman–Crippen MR) is 89.8 cm³/mol. The molecule has 1 amide bonds. The van der Waals surface area contributed by atoms with Crippen molar-refractivity contribution in [3.8, 4) is 0 Å². The predicted octanol–water partition coefficient (Wildman–Crippen LogP) is 1.71. The Morgan fingerprint density at radius 3 is 2.24 bits per heavy atom. The summed E-state index contributed by atoms with van der Waals surface area (Å²) in [5.74, 6) is -1.21. The van der Waals surface area contributed by atoms with Gasteiger partial charge in [0.25, 0.3) is 0 Å². The first kappa shape index (κ1) is 19.0. The Balaban J connectivity index is 2.45. The highest BCUT2D eigenvalue weighted by molar-refractivity contribution is 5.80. The number of ether oxygens (including phenoxy) is 1. The van der Waals surface area contributed by atoms with Crippen LogP contribution in [0.3, 0.4) is 0 Å². The van der Waals surface area contributed by atoms with Crippen molar-refractivity contribution >= 4 is 12.1 Å². The molecule has 0 radical (unpaired) electrons. The largest absolute Gasteiger partial charge is 0.478 e. The van der Waals surface area contributed by atoms with Gasteiger partial charge in [-0.25, -0.2) is 9.59 Å². The monoisotopic (exact) mass is 349 g/mol. The number of nitrogens with zero attached hydrogens (tertiary/aromatic N) is 1. The summed E-state index contributed by atoms with van der Waals surface area (Å²) in [6.45, 7) is 5.11. The van der Waals surface area contributed by atoms with Crippen molar-refractivity contribution in [1.82, 2.24) is 4.90 Å². The number of likely N-dealkylation sites (tertiary alicyclic amines) is 1. The van der Waals surface area contributed by atoms with Crippen LogP contribution in [0, 0.1) is 0 Å². The highest BCUT2D eigenvalue weighted by Gasteiger charge is 2.50. The van der Waals surface area contributed by atoms with Gasteiger partial charge in [-0.1, -0.05) is 36.4 Å². The van der Waals surface area contributed by atoms with E-state index < -0.39 is 42.0 Å². The molecular weight excluding hydrogens is 326 g/mol. The van der Waals surface area contributed by atoms with Crippen LogP contribution in [-0.4, -0.2) is 56.1 Å². The smallest absolute Gasteiger partial charge is 0.411 e. The second-order valence-corrected chi connectivity index (χ2v) is 6.91. The third-order valence-electron chi connectivity index (χ3n) is 3.83. The van der Waals surface area contributed by atoms with E-state index in [4.69, 9.17) is 9.84 Å². The van der Waals surface area contributed by atoms with Gasteiger partial charge in [-0.15, -0.1) is 0 Å². The number of carbonyl (C=O) groups is 2. The van der Waals surface area contributed by atoms with Crippen LogP contribution in [0.25, 0.3) is 0 Å². The highest BCUT2D eigenvalue weighted by atomic mass is 16.6. The molecule has 1 aliphatic rings. The molecule has 0 spiro atoms. The Morgan fingerprint density at radius 1 is 1.12 bits per heavy atom. The van der Waals surface area contributed by atoms with E-state index in [0.29, 0.717) is 5.56 Å². The number of amides is 1. The topological polar surface area (TPSA) is 107 Å². The van der Waals surface area contributed by atoms with Crippen LogP contribution in [0.5, 0.6) is 0 Å². The maximum Gasteiger partial charge on any atom is 0.411 e. The van der Waals surface area contributed by atoms with Crippen LogP contribution in [0.4, 0.5) is 4.79 Å². The fraction of sp³-hybridized carbons (Fsp3) is 0.444. The van der Waals surface area contributed by atoms with Gasteiger partial charge in [-0.3, -0.25) is 4.90 Å². The fourth-order valence-corrected chi connectivity index (χ4v) is 2.85. The standard InChI is InChI=1S/C18H23NO6/c1-18(2,3)25-17(24)19-12(9-10-13(20)21)15(22)16(23)14(19)11-7-5-4-6-8-11/h4-10,12,14-16,22-23H,1-3H3,(H,20,21)/b10-9-/t12-,14+,15-,16+/m1/s1. The van der Waals surface area contributed by atoms with Crippen molar-refractivity contribution < 1.29 is 29.6 Å². The molecule has 7 nitrogen and oxygen atoms in total. The third kappa shape index (κ3) is 4.37. The SMILES string of the molecule is CC(C)(C)OC(=O)N1[C@H](/C=C\C(=O)O)[C@@H](O)[C@@H](O)[C@@H]1c1ccccc1. The van der Waals surface area contributed by atoms with E-state index in [1.807, 2.05) is 0 Å². The maximum atomic E-state index is 12.7. The van der Waals surface area contributed by atoms with Crippen LogP contribution in [-0.2, 0) is 9.53 Å². The molecule has 3 N–H and O–H groups in total. The summed E-state index contributed by atoms with van der Waals surface area (Å²) in [6.07, 6.45) is -1.34. The molecule has 0 aliphatic carbocycles. The van der Waals surface area contributed by atoms with Gasteiger partial charge in [-0.05, 0) is 26.3 Å². The van der Waals surface area contributed by atoms with Crippen LogP contribution < -0.4 is 0 Å². The lowest BCUT2D eigenvalue weighted by Gasteiger charge is -2.32. The Bertz CT molecular complexity index is 651. The van der Waals surface area contributed by atoms with Crippen molar-refractivity contribution in [3.63, 3.8) is 0 Å². The van der Waals surface area contributed by atoms with Gasteiger partial charge in [0.15, 0.2) is 0 Å². The minimum absolute atomic E-state index is 0.617. The van der Waals surface area contributed by atoms with Gasteiger partial charge in [0.1, 0.15) is 17.8 Å². The van der Waals surface area contributed by atoms with Crippen molar-refractivity contribution in [2.75, 3.05) is 0 Å². The van der Waals surface area contributed by atoms with Crippen molar-refractivity contribution in [1.29, 1.82) is 0 Å². The molecule has 1 fully saturated rings. The number of carboxylic acids is 1. The number of benzene rings is 1. The average molecular weight is 349 g/mol. The van der Waals surface area contributed by atoms with Crippen LogP contribution in [0.1, 0.15) is 32.4 Å². The van der Waals surface area contributed by atoms with Crippen molar-refractivity contribution in [2.45, 2.75) is 50.7 Å². The average Bonchev–Trinajstić information content (AvgIpc) is 2.76. The normalized spacial score (nSPS) is 26.8. The van der Waals surface area contributed by atoms with Crippen LogP contribution in [0.15, 0.2) is 42.5 Å². The van der Waals surface area contributed by atoms with Gasteiger partial charge in [0.05, 0.1) is 12.1 Å². The quantitative estimate of drug-likeness (QED) is 0.717. The minimum atomic E-state index is -1.34. The summed E-state index contributed by atoms with van der Waals surface area (Å²) in [5.41, 5.74) is -0.163.